The van der Waals surface area contributed by atoms with Crippen molar-refractivity contribution < 1.29 is 0 Å². The second kappa shape index (κ2) is 6.28. The third-order valence-corrected chi connectivity index (χ3v) is 5.15. The van der Waals surface area contributed by atoms with Gasteiger partial charge in [-0.15, -0.1) is 0 Å². The van der Waals surface area contributed by atoms with Crippen LogP contribution in [0.1, 0.15) is 61.6 Å². The number of benzene rings is 1. The lowest BCUT2D eigenvalue weighted by Gasteiger charge is -2.31. The molecule has 2 aliphatic rings. The fraction of sp³-hybridized carbons (Fsp3) is 0.667. The Labute approximate surface area is 123 Å². The summed E-state index contributed by atoms with van der Waals surface area (Å²) >= 11 is 0. The zero-order valence-corrected chi connectivity index (χ0v) is 12.7. The molecule has 2 saturated carbocycles. The van der Waals surface area contributed by atoms with Crippen molar-refractivity contribution in [1.29, 1.82) is 0 Å². The lowest BCUT2D eigenvalue weighted by molar-refractivity contribution is 0.211. The maximum atomic E-state index is 6.13. The topological polar surface area (TPSA) is 29.3 Å². The van der Waals surface area contributed by atoms with E-state index in [2.05, 4.69) is 36.2 Å². The predicted octanol–water partition coefficient (Wildman–Crippen LogP) is 3.69. The molecule has 1 unspecified atom stereocenters. The van der Waals surface area contributed by atoms with Gasteiger partial charge in [0, 0.05) is 19.1 Å². The minimum Gasteiger partial charge on any atom is -0.329 e. The molecule has 2 fully saturated rings. The second-order valence-corrected chi connectivity index (χ2v) is 6.74. The first-order chi connectivity index (χ1) is 9.79. The number of rotatable bonds is 6. The van der Waals surface area contributed by atoms with Crippen LogP contribution >= 0.6 is 0 Å². The molecule has 0 amide bonds. The fourth-order valence-corrected chi connectivity index (χ4v) is 3.85. The Hall–Kier alpha value is -0.860. The quantitative estimate of drug-likeness (QED) is 0.856. The van der Waals surface area contributed by atoms with E-state index in [1.165, 1.54) is 50.6 Å². The summed E-state index contributed by atoms with van der Waals surface area (Å²) < 4.78 is 0. The Morgan fingerprint density at radius 1 is 1.15 bits per heavy atom. The molecule has 3 rings (SSSR count). The summed E-state index contributed by atoms with van der Waals surface area (Å²) in [4.78, 5) is 2.51. The van der Waals surface area contributed by atoms with E-state index in [0.29, 0.717) is 6.04 Å². The number of nitrogens with two attached hydrogens (primary N) is 1. The summed E-state index contributed by atoms with van der Waals surface area (Å²) in [5.74, 6) is 1.70. The van der Waals surface area contributed by atoms with E-state index in [9.17, 15) is 0 Å². The van der Waals surface area contributed by atoms with Crippen LogP contribution in [0.3, 0.4) is 0 Å². The van der Waals surface area contributed by atoms with Crippen LogP contribution in [0.5, 0.6) is 0 Å². The Morgan fingerprint density at radius 2 is 1.85 bits per heavy atom. The van der Waals surface area contributed by atoms with E-state index in [4.69, 9.17) is 5.73 Å². The molecule has 2 nitrogen and oxygen atoms in total. The molecule has 0 bridgehead atoms. The highest BCUT2D eigenvalue weighted by Gasteiger charge is 2.29. The zero-order chi connectivity index (χ0) is 13.9. The summed E-state index contributed by atoms with van der Waals surface area (Å²) in [6.45, 7) is 1.94. The van der Waals surface area contributed by atoms with Gasteiger partial charge in [-0.3, -0.25) is 4.90 Å². The first kappa shape index (κ1) is 14.1. The van der Waals surface area contributed by atoms with E-state index >= 15 is 0 Å². The minimum absolute atomic E-state index is 0.396. The molecule has 110 valence electrons. The molecular weight excluding hydrogens is 244 g/mol. The van der Waals surface area contributed by atoms with Gasteiger partial charge in [-0.1, -0.05) is 37.1 Å². The molecule has 2 aliphatic carbocycles. The maximum Gasteiger partial charge on any atom is 0.0470 e. The van der Waals surface area contributed by atoms with Crippen LogP contribution in [0, 0.1) is 5.92 Å². The summed E-state index contributed by atoms with van der Waals surface area (Å²) in [6.07, 6.45) is 8.38. The molecule has 0 saturated heterocycles. The van der Waals surface area contributed by atoms with Gasteiger partial charge in [0.15, 0.2) is 0 Å². The van der Waals surface area contributed by atoms with Gasteiger partial charge in [-0.25, -0.2) is 0 Å². The zero-order valence-electron chi connectivity index (χ0n) is 12.7. The van der Waals surface area contributed by atoms with Crippen molar-refractivity contribution in [2.75, 3.05) is 20.1 Å². The van der Waals surface area contributed by atoms with Crippen LogP contribution in [-0.4, -0.2) is 25.0 Å². The largest absolute Gasteiger partial charge is 0.329 e. The van der Waals surface area contributed by atoms with Crippen molar-refractivity contribution in [2.45, 2.75) is 50.5 Å². The third-order valence-electron chi connectivity index (χ3n) is 5.15. The molecule has 0 spiro atoms. The van der Waals surface area contributed by atoms with E-state index in [1.54, 1.807) is 5.56 Å². The van der Waals surface area contributed by atoms with Gasteiger partial charge in [0.1, 0.15) is 0 Å². The van der Waals surface area contributed by atoms with Crippen molar-refractivity contribution in [1.82, 2.24) is 4.90 Å². The van der Waals surface area contributed by atoms with Gasteiger partial charge >= 0.3 is 0 Å². The van der Waals surface area contributed by atoms with Gasteiger partial charge in [0.2, 0.25) is 0 Å². The first-order valence-corrected chi connectivity index (χ1v) is 8.28. The molecule has 0 aliphatic heterocycles. The van der Waals surface area contributed by atoms with Gasteiger partial charge in [-0.05, 0) is 55.7 Å². The van der Waals surface area contributed by atoms with Crippen LogP contribution < -0.4 is 5.73 Å². The number of likely N-dealkylation sites (N-methyl/N-ethyl adjacent to an activating group) is 1. The normalized spacial score (nSPS) is 21.6. The second-order valence-electron chi connectivity index (χ2n) is 6.74. The van der Waals surface area contributed by atoms with Crippen LogP contribution in [0.25, 0.3) is 0 Å². The van der Waals surface area contributed by atoms with Crippen LogP contribution in [0.15, 0.2) is 24.3 Å². The van der Waals surface area contributed by atoms with Crippen molar-refractivity contribution in [3.05, 3.63) is 35.4 Å². The van der Waals surface area contributed by atoms with Gasteiger partial charge in [0.25, 0.3) is 0 Å². The fourth-order valence-electron chi connectivity index (χ4n) is 3.85. The molecule has 0 aromatic heterocycles. The highest BCUT2D eigenvalue weighted by molar-refractivity contribution is 5.35. The number of hydrogen-bond donors (Lipinski definition) is 1. The van der Waals surface area contributed by atoms with Crippen molar-refractivity contribution >= 4 is 0 Å². The molecule has 0 heterocycles. The summed E-state index contributed by atoms with van der Waals surface area (Å²) in [5.41, 5.74) is 9.17. The third kappa shape index (κ3) is 3.07. The molecular formula is C18H28N2. The Kier molecular flexibility index (Phi) is 4.42. The summed E-state index contributed by atoms with van der Waals surface area (Å²) in [5, 5.41) is 0. The van der Waals surface area contributed by atoms with Gasteiger partial charge < -0.3 is 5.73 Å². The smallest absolute Gasteiger partial charge is 0.0470 e. The molecule has 2 N–H and O–H groups in total. The molecule has 0 radical (unpaired) electrons. The summed E-state index contributed by atoms with van der Waals surface area (Å²) in [6, 6.07) is 9.37. The molecule has 1 aromatic carbocycles. The Bertz CT molecular complexity index is 433. The average molecular weight is 272 g/mol. The van der Waals surface area contributed by atoms with Gasteiger partial charge in [0.05, 0.1) is 0 Å². The first-order valence-electron chi connectivity index (χ1n) is 8.28. The van der Waals surface area contributed by atoms with Crippen LogP contribution in [0.2, 0.25) is 0 Å². The Morgan fingerprint density at radius 3 is 2.50 bits per heavy atom. The summed E-state index contributed by atoms with van der Waals surface area (Å²) in [7, 11) is 2.26. The molecule has 1 atom stereocenters. The molecule has 2 heteroatoms. The predicted molar refractivity (Wildman–Crippen MR) is 84.8 cm³/mol. The highest BCUT2D eigenvalue weighted by atomic mass is 15.1. The minimum atomic E-state index is 0.396. The SMILES string of the molecule is CN(CC1CCCC1)C(CN)c1ccccc1C1CC1. The van der Waals surface area contributed by atoms with E-state index in [-0.39, 0.29) is 0 Å². The lowest BCUT2D eigenvalue weighted by atomic mass is 9.95. The highest BCUT2D eigenvalue weighted by Crippen LogP contribution is 2.43. The monoisotopic (exact) mass is 272 g/mol. The van der Waals surface area contributed by atoms with Crippen molar-refractivity contribution in [2.24, 2.45) is 11.7 Å². The van der Waals surface area contributed by atoms with E-state index < -0.39 is 0 Å². The molecule has 20 heavy (non-hydrogen) atoms. The average Bonchev–Trinajstić information content (AvgIpc) is 3.19. The van der Waals surface area contributed by atoms with E-state index in [0.717, 1.165) is 18.4 Å². The van der Waals surface area contributed by atoms with Crippen LogP contribution in [-0.2, 0) is 0 Å². The van der Waals surface area contributed by atoms with Crippen LogP contribution in [0.4, 0.5) is 0 Å². The Balaban J connectivity index is 1.74. The van der Waals surface area contributed by atoms with Gasteiger partial charge in [-0.2, -0.15) is 0 Å². The van der Waals surface area contributed by atoms with Crippen molar-refractivity contribution in [3.8, 4) is 0 Å². The lowest BCUT2D eigenvalue weighted by Crippen LogP contribution is -2.34. The number of nitrogens with zero attached hydrogens (tertiary/aromatic N) is 1. The van der Waals surface area contributed by atoms with Crippen molar-refractivity contribution in [3.63, 3.8) is 0 Å². The van der Waals surface area contributed by atoms with E-state index in [1.807, 2.05) is 0 Å². The molecule has 1 aromatic rings. The maximum absolute atomic E-state index is 6.13. The number of hydrogen-bond acceptors (Lipinski definition) is 2. The standard InChI is InChI=1S/C18H28N2/c1-20(13-14-6-2-3-7-14)18(12-19)17-9-5-4-8-16(17)15-10-11-15/h4-5,8-9,14-15,18H,2-3,6-7,10-13,19H2,1H3.